The molecule has 0 heterocycles. The van der Waals surface area contributed by atoms with Crippen LogP contribution >= 0.6 is 0 Å². The Hall–Kier alpha value is -2.16. The minimum Gasteiger partial charge on any atom is -0.496 e. The molecule has 0 aliphatic rings. The van der Waals surface area contributed by atoms with Gasteiger partial charge in [0.25, 0.3) is 0 Å². The molecule has 2 N–H and O–H groups in total. The van der Waals surface area contributed by atoms with Gasteiger partial charge in [-0.15, -0.1) is 0 Å². The molecule has 2 rings (SSSR count). The van der Waals surface area contributed by atoms with E-state index in [1.54, 1.807) is 7.11 Å². The maximum atomic E-state index is 5.12. The number of hydrogen-bond donors (Lipinski definition) is 2. The first-order chi connectivity index (χ1) is 8.31. The molecule has 2 aromatic rings. The smallest absolute Gasteiger partial charge is 0.128 e. The van der Waals surface area contributed by atoms with Gasteiger partial charge in [0.15, 0.2) is 0 Å². The molecule has 0 atom stereocenters. The molecule has 0 amide bonds. The maximum Gasteiger partial charge on any atom is 0.128 e. The number of nitrogens with one attached hydrogen (secondary N) is 2. The predicted octanol–water partition coefficient (Wildman–Crippen LogP) is 3.28. The number of methoxy groups -OCH3 is 1. The van der Waals surface area contributed by atoms with Crippen molar-refractivity contribution in [1.82, 2.24) is 0 Å². The summed E-state index contributed by atoms with van der Waals surface area (Å²) in [6.07, 6.45) is 0. The van der Waals surface area contributed by atoms with Crippen molar-refractivity contribution in [2.45, 2.75) is 0 Å². The number of rotatable bonds is 4. The second-order valence-electron chi connectivity index (χ2n) is 3.60. The Kier molecular flexibility index (Phi) is 3.50. The van der Waals surface area contributed by atoms with Crippen LogP contribution in [0.2, 0.25) is 0 Å². The fourth-order valence-corrected chi connectivity index (χ4v) is 1.53. The van der Waals surface area contributed by atoms with Gasteiger partial charge >= 0.3 is 0 Å². The van der Waals surface area contributed by atoms with Crippen LogP contribution in [-0.2, 0) is 0 Å². The van der Waals surface area contributed by atoms with Crippen molar-refractivity contribution in [3.05, 3.63) is 48.5 Å². The molecule has 3 heteroatoms. The van der Waals surface area contributed by atoms with E-state index in [2.05, 4.69) is 16.7 Å². The van der Waals surface area contributed by atoms with Crippen molar-refractivity contribution < 1.29 is 4.74 Å². The van der Waals surface area contributed by atoms with Crippen molar-refractivity contribution in [2.75, 3.05) is 24.8 Å². The first-order valence-electron chi connectivity index (χ1n) is 5.42. The van der Waals surface area contributed by atoms with Crippen LogP contribution in [0.1, 0.15) is 0 Å². The number of anilines is 3. The van der Waals surface area contributed by atoms with Crippen LogP contribution in [0.5, 0.6) is 5.75 Å². The van der Waals surface area contributed by atoms with Gasteiger partial charge in [0.05, 0.1) is 7.11 Å². The third kappa shape index (κ3) is 2.91. The van der Waals surface area contributed by atoms with Gasteiger partial charge in [-0.25, -0.2) is 0 Å². The number of ether oxygens (including phenoxy) is 1. The van der Waals surface area contributed by atoms with Crippen LogP contribution in [0, 0.1) is 6.07 Å². The SMILES string of the molecule is CNc1ccc(Nc2cc[c]c(OC)c2)cc1. The average molecular weight is 227 g/mol. The van der Waals surface area contributed by atoms with Crippen LogP contribution in [0.15, 0.2) is 42.5 Å². The molecule has 1 radical (unpaired) electrons. The minimum atomic E-state index is 0.724. The Bertz CT molecular complexity index is 480. The van der Waals surface area contributed by atoms with Crippen LogP contribution < -0.4 is 15.4 Å². The molecule has 0 unspecified atom stereocenters. The summed E-state index contributed by atoms with van der Waals surface area (Å²) in [7, 11) is 3.54. The zero-order valence-electron chi connectivity index (χ0n) is 9.95. The van der Waals surface area contributed by atoms with Gasteiger partial charge in [-0.3, -0.25) is 0 Å². The van der Waals surface area contributed by atoms with E-state index >= 15 is 0 Å². The third-order valence-corrected chi connectivity index (χ3v) is 2.46. The van der Waals surface area contributed by atoms with E-state index < -0.39 is 0 Å². The molecule has 0 saturated carbocycles. The summed E-state index contributed by atoms with van der Waals surface area (Å²) in [6.45, 7) is 0. The molecule has 0 aliphatic carbocycles. The van der Waals surface area contributed by atoms with E-state index in [0.717, 1.165) is 22.8 Å². The summed E-state index contributed by atoms with van der Waals surface area (Å²) in [5.41, 5.74) is 3.12. The highest BCUT2D eigenvalue weighted by Gasteiger charge is 1.97. The Morgan fingerprint density at radius 1 is 1.00 bits per heavy atom. The van der Waals surface area contributed by atoms with Crippen molar-refractivity contribution >= 4 is 17.1 Å². The van der Waals surface area contributed by atoms with Gasteiger partial charge in [0.2, 0.25) is 0 Å². The molecule has 17 heavy (non-hydrogen) atoms. The topological polar surface area (TPSA) is 33.3 Å². The average Bonchev–Trinajstić information content (AvgIpc) is 2.40. The van der Waals surface area contributed by atoms with Gasteiger partial charge < -0.3 is 15.4 Å². The molecule has 0 fully saturated rings. The lowest BCUT2D eigenvalue weighted by Crippen LogP contribution is -1.92. The molecular weight excluding hydrogens is 212 g/mol. The lowest BCUT2D eigenvalue weighted by atomic mass is 10.2. The molecular formula is C14H15N2O. The van der Waals surface area contributed by atoms with Crippen molar-refractivity contribution in [3.8, 4) is 5.75 Å². The Morgan fingerprint density at radius 2 is 1.71 bits per heavy atom. The van der Waals surface area contributed by atoms with E-state index in [4.69, 9.17) is 4.74 Å². The largest absolute Gasteiger partial charge is 0.496 e. The van der Waals surface area contributed by atoms with Crippen LogP contribution in [0.25, 0.3) is 0 Å². The Balaban J connectivity index is 2.13. The number of benzene rings is 2. The standard InChI is InChI=1S/C14H15N2O/c1-15-11-6-8-12(9-7-11)16-13-4-3-5-14(10-13)17-2/h3-4,6-10,15-16H,1-2H3. The van der Waals surface area contributed by atoms with E-state index in [9.17, 15) is 0 Å². The monoisotopic (exact) mass is 227 g/mol. The molecule has 0 bridgehead atoms. The summed E-state index contributed by atoms with van der Waals surface area (Å²) < 4.78 is 5.12. The maximum absolute atomic E-state index is 5.12. The second kappa shape index (κ2) is 5.25. The third-order valence-electron chi connectivity index (χ3n) is 2.46. The Morgan fingerprint density at radius 3 is 2.35 bits per heavy atom. The molecule has 0 aliphatic heterocycles. The Labute approximate surface area is 101 Å². The normalized spacial score (nSPS) is 9.76. The summed E-state index contributed by atoms with van der Waals surface area (Å²) in [5.74, 6) is 0.724. The molecule has 0 spiro atoms. The second-order valence-corrected chi connectivity index (χ2v) is 3.60. The van der Waals surface area contributed by atoms with E-state index in [-0.39, 0.29) is 0 Å². The molecule has 2 aromatic carbocycles. The highest BCUT2D eigenvalue weighted by molar-refractivity contribution is 5.63. The fourth-order valence-electron chi connectivity index (χ4n) is 1.53. The van der Waals surface area contributed by atoms with E-state index in [1.165, 1.54) is 0 Å². The zero-order chi connectivity index (χ0) is 12.1. The van der Waals surface area contributed by atoms with Crippen molar-refractivity contribution in [1.29, 1.82) is 0 Å². The molecule has 0 aromatic heterocycles. The van der Waals surface area contributed by atoms with Gasteiger partial charge in [-0.1, -0.05) is 0 Å². The van der Waals surface area contributed by atoms with E-state index in [0.29, 0.717) is 0 Å². The van der Waals surface area contributed by atoms with Crippen molar-refractivity contribution in [3.63, 3.8) is 0 Å². The zero-order valence-corrected chi connectivity index (χ0v) is 9.95. The fraction of sp³-hybridized carbons (Fsp3) is 0.143. The first kappa shape index (κ1) is 11.3. The van der Waals surface area contributed by atoms with Crippen LogP contribution in [0.3, 0.4) is 0 Å². The summed E-state index contributed by atoms with van der Waals surface area (Å²) >= 11 is 0. The molecule has 87 valence electrons. The van der Waals surface area contributed by atoms with Crippen LogP contribution in [-0.4, -0.2) is 14.2 Å². The lowest BCUT2D eigenvalue weighted by molar-refractivity contribution is 0.414. The highest BCUT2D eigenvalue weighted by Crippen LogP contribution is 2.21. The van der Waals surface area contributed by atoms with Gasteiger partial charge in [-0.05, 0) is 36.4 Å². The highest BCUT2D eigenvalue weighted by atomic mass is 16.5. The molecule has 3 nitrogen and oxygen atoms in total. The summed E-state index contributed by atoms with van der Waals surface area (Å²) in [4.78, 5) is 0. The summed E-state index contributed by atoms with van der Waals surface area (Å²) in [5, 5.41) is 6.39. The van der Waals surface area contributed by atoms with E-state index in [1.807, 2.05) is 49.5 Å². The predicted molar refractivity (Wildman–Crippen MR) is 71.1 cm³/mol. The van der Waals surface area contributed by atoms with Gasteiger partial charge in [0.1, 0.15) is 5.75 Å². The van der Waals surface area contributed by atoms with Crippen LogP contribution in [0.4, 0.5) is 17.1 Å². The lowest BCUT2D eigenvalue weighted by Gasteiger charge is -2.08. The van der Waals surface area contributed by atoms with Gasteiger partial charge in [-0.2, -0.15) is 0 Å². The minimum absolute atomic E-state index is 0.724. The number of hydrogen-bond acceptors (Lipinski definition) is 3. The summed E-state index contributed by atoms with van der Waals surface area (Å²) in [6, 6.07) is 16.8. The van der Waals surface area contributed by atoms with Gasteiger partial charge in [0, 0.05) is 36.2 Å². The quantitative estimate of drug-likeness (QED) is 0.841. The van der Waals surface area contributed by atoms with Crippen molar-refractivity contribution in [2.24, 2.45) is 0 Å². The molecule has 0 saturated heterocycles. The first-order valence-corrected chi connectivity index (χ1v) is 5.42.